The van der Waals surface area contributed by atoms with Gasteiger partial charge in [0.15, 0.2) is 0 Å². The predicted octanol–water partition coefficient (Wildman–Crippen LogP) is 18.1. The Balaban J connectivity index is 2.11. The summed E-state index contributed by atoms with van der Waals surface area (Å²) in [7, 11) is 0. The lowest BCUT2D eigenvalue weighted by atomic mass is 9.89. The summed E-state index contributed by atoms with van der Waals surface area (Å²) in [5, 5.41) is 0. The average molecular weight is 765 g/mol. The van der Waals surface area contributed by atoms with Crippen LogP contribution < -0.4 is 0 Å². The monoisotopic (exact) mass is 765 g/mol. The molecule has 0 bridgehead atoms. The van der Waals surface area contributed by atoms with Gasteiger partial charge in [0.2, 0.25) is 11.4 Å². The fourth-order valence-corrected chi connectivity index (χ4v) is 8.97. The zero-order valence-corrected chi connectivity index (χ0v) is 38.0. The molecular weight excluding hydrogens is 677 g/mol. The highest BCUT2D eigenvalue weighted by atomic mass is 15.2. The molecule has 2 heteroatoms. The molecule has 0 atom stereocenters. The Morgan fingerprint density at radius 1 is 0.304 bits per heavy atom. The zero-order chi connectivity index (χ0) is 40.2. The van der Waals surface area contributed by atoms with Crippen LogP contribution in [0, 0.1) is 0 Å². The SMILES string of the molecule is CCCCCCCCc1cc(CCCCCCCC)cc(C2=C(CCCCCC)C(CCCC)=C(c3cc(CCCCCC)cc(CCCCCC)c3)[N+]2=[N-])c1. The topological polar surface area (TPSA) is 25.3 Å². The highest BCUT2D eigenvalue weighted by molar-refractivity contribution is 5.82. The first-order valence-electron chi connectivity index (χ1n) is 24.7. The van der Waals surface area contributed by atoms with Gasteiger partial charge in [0.25, 0.3) is 0 Å². The molecule has 2 aromatic carbocycles. The Morgan fingerprint density at radius 3 is 0.875 bits per heavy atom. The smallest absolute Gasteiger partial charge is 0.211 e. The summed E-state index contributed by atoms with van der Waals surface area (Å²) in [5.74, 6) is 0. The van der Waals surface area contributed by atoms with E-state index in [2.05, 4.69) is 77.9 Å². The number of hydrogen-bond acceptors (Lipinski definition) is 0. The third kappa shape index (κ3) is 17.2. The Kier molecular flexibility index (Phi) is 25.4. The van der Waals surface area contributed by atoms with Gasteiger partial charge in [-0.2, -0.15) is 0 Å². The van der Waals surface area contributed by atoms with Crippen molar-refractivity contribution in [1.29, 1.82) is 0 Å². The van der Waals surface area contributed by atoms with Gasteiger partial charge < -0.3 is 5.53 Å². The quantitative estimate of drug-likeness (QED) is 0.0501. The van der Waals surface area contributed by atoms with Crippen LogP contribution in [0.15, 0.2) is 47.5 Å². The van der Waals surface area contributed by atoms with E-state index < -0.39 is 0 Å². The maximum Gasteiger partial charge on any atom is 0.211 e. The maximum absolute atomic E-state index is 12.8. The molecule has 0 radical (unpaired) electrons. The van der Waals surface area contributed by atoms with Crippen LogP contribution in [0.1, 0.15) is 255 Å². The molecule has 0 saturated carbocycles. The second-order valence-corrected chi connectivity index (χ2v) is 17.6. The van der Waals surface area contributed by atoms with Crippen LogP contribution >= 0.6 is 0 Å². The van der Waals surface area contributed by atoms with E-state index in [1.807, 2.05) is 0 Å². The highest BCUT2D eigenvalue weighted by Crippen LogP contribution is 2.45. The molecular formula is C54H88N2. The minimum atomic E-state index is 1.03. The zero-order valence-electron chi connectivity index (χ0n) is 38.0. The predicted molar refractivity (Wildman–Crippen MR) is 248 cm³/mol. The number of hydrogen-bond donors (Lipinski definition) is 0. The summed E-state index contributed by atoms with van der Waals surface area (Å²) in [4.78, 5) is 0. The van der Waals surface area contributed by atoms with E-state index in [1.165, 1.54) is 199 Å². The summed E-state index contributed by atoms with van der Waals surface area (Å²) in [6.07, 6.45) is 40.0. The number of nitrogens with zero attached hydrogens (tertiary/aromatic N) is 2. The number of allylic oxidation sites excluding steroid dienone is 2. The molecule has 0 spiro atoms. The minimum Gasteiger partial charge on any atom is -0.493 e. The molecule has 3 rings (SSSR count). The average Bonchev–Trinajstić information content (AvgIpc) is 3.48. The normalized spacial score (nSPS) is 13.2. The summed E-state index contributed by atoms with van der Waals surface area (Å²) in [5.41, 5.74) is 26.1. The molecule has 56 heavy (non-hydrogen) atoms. The minimum absolute atomic E-state index is 1.03. The molecule has 1 aliphatic rings. The summed E-state index contributed by atoms with van der Waals surface area (Å²) < 4.78 is 1.70. The summed E-state index contributed by atoms with van der Waals surface area (Å²) >= 11 is 0. The molecule has 2 aromatic rings. The summed E-state index contributed by atoms with van der Waals surface area (Å²) in [6.45, 7) is 13.9. The van der Waals surface area contributed by atoms with Crippen molar-refractivity contribution in [2.75, 3.05) is 0 Å². The lowest BCUT2D eigenvalue weighted by molar-refractivity contribution is -0.345. The standard InChI is InChI=1S/C54H88N2/c1-7-13-19-24-26-30-35-47-40-48(36-31-27-25-20-14-8-2)44-50(43-47)54-52(38-32-23-17-11-5)51(37-18-12-6)53(56(54)55)49-41-45(33-28-21-15-9-3)39-46(42-49)34-29-22-16-10-4/h39-44H,7-38H2,1-6H3. The lowest BCUT2D eigenvalue weighted by Gasteiger charge is -2.15. The van der Waals surface area contributed by atoms with Crippen molar-refractivity contribution in [2.24, 2.45) is 0 Å². The van der Waals surface area contributed by atoms with Crippen LogP contribution in [0.5, 0.6) is 0 Å². The van der Waals surface area contributed by atoms with Crippen LogP contribution in [0.4, 0.5) is 0 Å². The van der Waals surface area contributed by atoms with E-state index in [-0.39, 0.29) is 0 Å². The number of rotatable bonds is 34. The fraction of sp³-hybridized carbons (Fsp3) is 0.704. The van der Waals surface area contributed by atoms with Crippen molar-refractivity contribution in [2.45, 2.75) is 247 Å². The maximum atomic E-state index is 12.8. The van der Waals surface area contributed by atoms with Gasteiger partial charge >= 0.3 is 0 Å². The number of benzene rings is 2. The number of unbranched alkanes of at least 4 members (excludes halogenated alkanes) is 20. The second kappa shape index (κ2) is 29.7. The number of aryl methyl sites for hydroxylation is 4. The Labute approximate surface area is 348 Å². The first kappa shape index (κ1) is 47.9. The van der Waals surface area contributed by atoms with Crippen molar-refractivity contribution in [3.8, 4) is 0 Å². The van der Waals surface area contributed by atoms with Gasteiger partial charge in [-0.15, -0.1) is 0 Å². The lowest BCUT2D eigenvalue weighted by Crippen LogP contribution is -2.05. The van der Waals surface area contributed by atoms with Gasteiger partial charge in [-0.05, 0) is 124 Å². The molecule has 1 aliphatic heterocycles. The van der Waals surface area contributed by atoms with E-state index in [0.29, 0.717) is 0 Å². The van der Waals surface area contributed by atoms with Gasteiger partial charge in [0.1, 0.15) is 0 Å². The van der Waals surface area contributed by atoms with Crippen LogP contribution in [0.25, 0.3) is 16.9 Å². The van der Waals surface area contributed by atoms with E-state index in [0.717, 1.165) is 62.8 Å². The van der Waals surface area contributed by atoms with Crippen LogP contribution in [0.2, 0.25) is 0 Å². The van der Waals surface area contributed by atoms with Gasteiger partial charge in [0, 0.05) is 22.3 Å². The van der Waals surface area contributed by atoms with Gasteiger partial charge in [-0.1, -0.05) is 182 Å². The van der Waals surface area contributed by atoms with Crippen molar-refractivity contribution >= 4 is 11.4 Å². The van der Waals surface area contributed by atoms with E-state index in [1.54, 1.807) is 4.70 Å². The molecule has 2 nitrogen and oxygen atoms in total. The molecule has 314 valence electrons. The largest absolute Gasteiger partial charge is 0.493 e. The molecule has 0 N–H and O–H groups in total. The van der Waals surface area contributed by atoms with E-state index in [9.17, 15) is 5.53 Å². The van der Waals surface area contributed by atoms with E-state index >= 15 is 0 Å². The van der Waals surface area contributed by atoms with Crippen molar-refractivity contribution in [3.05, 3.63) is 86.5 Å². The Bertz CT molecular complexity index is 1380. The van der Waals surface area contributed by atoms with Gasteiger partial charge in [0.05, 0.1) is 0 Å². The first-order chi connectivity index (χ1) is 27.5. The summed E-state index contributed by atoms with van der Waals surface area (Å²) in [6, 6.07) is 14.9. The van der Waals surface area contributed by atoms with Crippen LogP contribution in [-0.2, 0) is 25.7 Å². The molecule has 1 heterocycles. The van der Waals surface area contributed by atoms with Crippen LogP contribution in [-0.4, -0.2) is 4.70 Å². The van der Waals surface area contributed by atoms with Gasteiger partial charge in [-0.25, -0.2) is 4.70 Å². The Morgan fingerprint density at radius 2 is 0.554 bits per heavy atom. The Hall–Kier alpha value is -2.48. The third-order valence-electron chi connectivity index (χ3n) is 12.3. The van der Waals surface area contributed by atoms with Crippen molar-refractivity contribution in [3.63, 3.8) is 0 Å². The molecule has 0 amide bonds. The molecule has 0 fully saturated rings. The molecule has 0 aromatic heterocycles. The second-order valence-electron chi connectivity index (χ2n) is 17.6. The van der Waals surface area contributed by atoms with E-state index in [4.69, 9.17) is 0 Å². The molecule has 0 aliphatic carbocycles. The van der Waals surface area contributed by atoms with Gasteiger partial charge in [-0.3, -0.25) is 0 Å². The molecule has 0 saturated heterocycles. The molecule has 0 unspecified atom stereocenters. The first-order valence-corrected chi connectivity index (χ1v) is 24.7. The van der Waals surface area contributed by atoms with Crippen LogP contribution in [0.3, 0.4) is 0 Å². The van der Waals surface area contributed by atoms with Crippen molar-refractivity contribution < 1.29 is 4.70 Å². The highest BCUT2D eigenvalue weighted by Gasteiger charge is 2.35. The third-order valence-corrected chi connectivity index (χ3v) is 12.3. The van der Waals surface area contributed by atoms with Crippen molar-refractivity contribution in [1.82, 2.24) is 0 Å². The fourth-order valence-electron chi connectivity index (χ4n) is 8.97.